The van der Waals surface area contributed by atoms with E-state index in [1.165, 1.54) is 19.3 Å². The second-order valence-electron chi connectivity index (χ2n) is 4.13. The maximum atomic E-state index is 5.10. The van der Waals surface area contributed by atoms with Gasteiger partial charge in [-0.25, -0.2) is 4.98 Å². The summed E-state index contributed by atoms with van der Waals surface area (Å²) in [6.07, 6.45) is 5.55. The van der Waals surface area contributed by atoms with Gasteiger partial charge in [-0.05, 0) is 25.5 Å². The molecule has 1 aromatic rings. The fraction of sp³-hybridized carbons (Fsp3) is 0.583. The molecule has 0 amide bonds. The molecule has 1 unspecified atom stereocenters. The lowest BCUT2D eigenvalue weighted by atomic mass is 10.1. The summed E-state index contributed by atoms with van der Waals surface area (Å²) in [7, 11) is 1.64. The van der Waals surface area contributed by atoms with Gasteiger partial charge in [0.1, 0.15) is 0 Å². The number of nitrogens with zero attached hydrogens (tertiary/aromatic N) is 1. The maximum Gasteiger partial charge on any atom is 0.214 e. The molecule has 0 radical (unpaired) electrons. The highest BCUT2D eigenvalue weighted by atomic mass is 16.5. The minimum atomic E-state index is 0.509. The molecule has 2 rings (SSSR count). The van der Waals surface area contributed by atoms with Crippen molar-refractivity contribution in [3.63, 3.8) is 0 Å². The Morgan fingerprint density at radius 1 is 1.50 bits per heavy atom. The van der Waals surface area contributed by atoms with Gasteiger partial charge in [0.2, 0.25) is 5.88 Å². The van der Waals surface area contributed by atoms with Gasteiger partial charge < -0.3 is 15.4 Å². The molecule has 0 saturated carbocycles. The molecule has 0 aliphatic carbocycles. The van der Waals surface area contributed by atoms with Crippen molar-refractivity contribution in [2.24, 2.45) is 0 Å². The van der Waals surface area contributed by atoms with Gasteiger partial charge in [-0.2, -0.15) is 0 Å². The number of aromatic nitrogens is 1. The molecule has 1 aliphatic heterocycles. The Balaban J connectivity index is 1.96. The van der Waals surface area contributed by atoms with E-state index < -0.39 is 0 Å². The second kappa shape index (κ2) is 5.70. The van der Waals surface area contributed by atoms with Crippen LogP contribution in [0.3, 0.4) is 0 Å². The zero-order valence-corrected chi connectivity index (χ0v) is 9.70. The molecular formula is C12H19N3O. The Morgan fingerprint density at radius 3 is 3.31 bits per heavy atom. The highest BCUT2D eigenvalue weighted by molar-refractivity contribution is 5.45. The van der Waals surface area contributed by atoms with Crippen molar-refractivity contribution < 1.29 is 4.74 Å². The molecule has 0 aromatic carbocycles. The van der Waals surface area contributed by atoms with Crippen LogP contribution in [0.2, 0.25) is 0 Å². The van der Waals surface area contributed by atoms with Crippen LogP contribution in [0, 0.1) is 0 Å². The van der Waals surface area contributed by atoms with Gasteiger partial charge in [-0.1, -0.05) is 6.42 Å². The topological polar surface area (TPSA) is 46.2 Å². The molecule has 2 N–H and O–H groups in total. The molecule has 1 atom stereocenters. The first kappa shape index (κ1) is 11.2. The largest absolute Gasteiger partial charge is 0.481 e. The maximum absolute atomic E-state index is 5.10. The summed E-state index contributed by atoms with van der Waals surface area (Å²) >= 11 is 0. The van der Waals surface area contributed by atoms with E-state index >= 15 is 0 Å². The molecule has 1 fully saturated rings. The van der Waals surface area contributed by atoms with Crippen molar-refractivity contribution in [1.82, 2.24) is 10.3 Å². The van der Waals surface area contributed by atoms with E-state index in [0.29, 0.717) is 11.9 Å². The van der Waals surface area contributed by atoms with Crippen LogP contribution in [-0.2, 0) is 0 Å². The van der Waals surface area contributed by atoms with Crippen LogP contribution in [0.15, 0.2) is 18.3 Å². The molecule has 2 heterocycles. The molecule has 0 bridgehead atoms. The third-order valence-corrected chi connectivity index (χ3v) is 2.86. The Hall–Kier alpha value is -1.29. The summed E-state index contributed by atoms with van der Waals surface area (Å²) in [5.41, 5.74) is 1.08. The zero-order chi connectivity index (χ0) is 11.2. The predicted octanol–water partition coefficient (Wildman–Crippen LogP) is 1.64. The Labute approximate surface area is 96.4 Å². The molecular weight excluding hydrogens is 202 g/mol. The van der Waals surface area contributed by atoms with Crippen LogP contribution in [-0.4, -0.2) is 31.2 Å². The Morgan fingerprint density at radius 2 is 2.44 bits per heavy atom. The van der Waals surface area contributed by atoms with Gasteiger partial charge in [0.05, 0.1) is 7.11 Å². The van der Waals surface area contributed by atoms with E-state index in [4.69, 9.17) is 4.74 Å². The Bertz CT molecular complexity index is 322. The van der Waals surface area contributed by atoms with E-state index in [2.05, 4.69) is 15.6 Å². The van der Waals surface area contributed by atoms with Crippen molar-refractivity contribution in [3.05, 3.63) is 18.3 Å². The number of hydrogen-bond acceptors (Lipinski definition) is 4. The van der Waals surface area contributed by atoms with E-state index in [1.54, 1.807) is 13.3 Å². The lowest BCUT2D eigenvalue weighted by Gasteiger charge is -2.17. The Kier molecular flexibility index (Phi) is 3.99. The van der Waals surface area contributed by atoms with Crippen LogP contribution >= 0.6 is 0 Å². The predicted molar refractivity (Wildman–Crippen MR) is 64.9 cm³/mol. The van der Waals surface area contributed by atoms with Crippen molar-refractivity contribution >= 4 is 5.69 Å². The third kappa shape index (κ3) is 3.10. The smallest absolute Gasteiger partial charge is 0.214 e. The third-order valence-electron chi connectivity index (χ3n) is 2.86. The summed E-state index contributed by atoms with van der Waals surface area (Å²) in [5.74, 6) is 0.659. The standard InChI is InChI=1S/C12H19N3O/c1-16-12-8-10(5-7-14-12)15-11-4-2-3-6-13-9-11/h5,7-8,11,13H,2-4,6,9H2,1H3,(H,14,15). The van der Waals surface area contributed by atoms with Gasteiger partial charge in [-0.3, -0.25) is 0 Å². The normalized spacial score (nSPS) is 21.2. The van der Waals surface area contributed by atoms with Crippen LogP contribution in [0.4, 0.5) is 5.69 Å². The fourth-order valence-electron chi connectivity index (χ4n) is 1.99. The van der Waals surface area contributed by atoms with E-state index in [0.717, 1.165) is 18.8 Å². The molecule has 16 heavy (non-hydrogen) atoms. The van der Waals surface area contributed by atoms with Gasteiger partial charge >= 0.3 is 0 Å². The summed E-state index contributed by atoms with van der Waals surface area (Å²) in [6.45, 7) is 2.17. The van der Waals surface area contributed by atoms with Crippen molar-refractivity contribution in [1.29, 1.82) is 0 Å². The molecule has 88 valence electrons. The second-order valence-corrected chi connectivity index (χ2v) is 4.13. The minimum Gasteiger partial charge on any atom is -0.481 e. The SMILES string of the molecule is COc1cc(NC2CCCCNC2)ccn1. The summed E-state index contributed by atoms with van der Waals surface area (Å²) in [6, 6.07) is 4.42. The highest BCUT2D eigenvalue weighted by Crippen LogP contribution is 2.16. The molecule has 1 aliphatic rings. The van der Waals surface area contributed by atoms with E-state index in [9.17, 15) is 0 Å². The van der Waals surface area contributed by atoms with E-state index in [-0.39, 0.29) is 0 Å². The molecule has 1 saturated heterocycles. The number of pyridine rings is 1. The molecule has 4 heteroatoms. The average molecular weight is 221 g/mol. The number of nitrogens with one attached hydrogen (secondary N) is 2. The van der Waals surface area contributed by atoms with Crippen molar-refractivity contribution in [2.75, 3.05) is 25.5 Å². The van der Waals surface area contributed by atoms with Gasteiger partial charge in [0.25, 0.3) is 0 Å². The van der Waals surface area contributed by atoms with Crippen LogP contribution in [0.25, 0.3) is 0 Å². The van der Waals surface area contributed by atoms with Gasteiger partial charge in [0, 0.05) is 30.5 Å². The number of methoxy groups -OCH3 is 1. The summed E-state index contributed by atoms with van der Waals surface area (Å²) in [5, 5.41) is 6.95. The lowest BCUT2D eigenvalue weighted by Crippen LogP contribution is -2.30. The summed E-state index contributed by atoms with van der Waals surface area (Å²) < 4.78 is 5.10. The average Bonchev–Trinajstić information content (AvgIpc) is 2.58. The van der Waals surface area contributed by atoms with Crippen molar-refractivity contribution in [2.45, 2.75) is 25.3 Å². The first-order chi connectivity index (χ1) is 7.88. The number of rotatable bonds is 3. The fourth-order valence-corrected chi connectivity index (χ4v) is 1.99. The van der Waals surface area contributed by atoms with Crippen molar-refractivity contribution in [3.8, 4) is 5.88 Å². The summed E-state index contributed by atoms with van der Waals surface area (Å²) in [4.78, 5) is 4.09. The highest BCUT2D eigenvalue weighted by Gasteiger charge is 2.11. The quantitative estimate of drug-likeness (QED) is 0.814. The van der Waals surface area contributed by atoms with Crippen LogP contribution < -0.4 is 15.4 Å². The van der Waals surface area contributed by atoms with Gasteiger partial charge in [-0.15, -0.1) is 0 Å². The molecule has 1 aromatic heterocycles. The number of hydrogen-bond donors (Lipinski definition) is 2. The minimum absolute atomic E-state index is 0.509. The van der Waals surface area contributed by atoms with Crippen LogP contribution in [0.1, 0.15) is 19.3 Å². The molecule has 4 nitrogen and oxygen atoms in total. The molecule has 0 spiro atoms. The van der Waals surface area contributed by atoms with Gasteiger partial charge in [0.15, 0.2) is 0 Å². The number of ether oxygens (including phenoxy) is 1. The zero-order valence-electron chi connectivity index (χ0n) is 9.70. The van der Waals surface area contributed by atoms with E-state index in [1.807, 2.05) is 12.1 Å². The first-order valence-corrected chi connectivity index (χ1v) is 5.86. The number of anilines is 1. The monoisotopic (exact) mass is 221 g/mol. The first-order valence-electron chi connectivity index (χ1n) is 5.86. The lowest BCUT2D eigenvalue weighted by molar-refractivity contribution is 0.398. The van der Waals surface area contributed by atoms with Crippen LogP contribution in [0.5, 0.6) is 5.88 Å².